The van der Waals surface area contributed by atoms with Crippen LogP contribution in [-0.2, 0) is 9.53 Å². The molecule has 0 unspecified atom stereocenters. The minimum atomic E-state index is -0.576. The van der Waals surface area contributed by atoms with Gasteiger partial charge in [-0.25, -0.2) is 4.79 Å². The standard InChI is InChI=1S/C15H28N2O3/c1-11(16-14(19)20-15(2,3)4)13(18)17-12-9-7-5-6-8-10-12/h11-12H,5-10H2,1-4H3,(H,16,19)(H,17,18)/t11-/m1/s1. The van der Waals surface area contributed by atoms with Crippen molar-refractivity contribution in [1.29, 1.82) is 0 Å². The van der Waals surface area contributed by atoms with Gasteiger partial charge in [0.1, 0.15) is 11.6 Å². The van der Waals surface area contributed by atoms with Crippen LogP contribution < -0.4 is 10.6 Å². The maximum Gasteiger partial charge on any atom is 0.408 e. The molecule has 1 fully saturated rings. The van der Waals surface area contributed by atoms with Gasteiger partial charge in [-0.3, -0.25) is 4.79 Å². The van der Waals surface area contributed by atoms with Gasteiger partial charge in [-0.1, -0.05) is 25.7 Å². The van der Waals surface area contributed by atoms with E-state index in [1.807, 2.05) is 0 Å². The Hall–Kier alpha value is -1.26. The quantitative estimate of drug-likeness (QED) is 0.783. The van der Waals surface area contributed by atoms with E-state index in [0.717, 1.165) is 12.8 Å². The molecular weight excluding hydrogens is 256 g/mol. The highest BCUT2D eigenvalue weighted by atomic mass is 16.6. The second-order valence-corrected chi connectivity index (χ2v) is 6.56. The molecule has 0 aliphatic heterocycles. The SMILES string of the molecule is C[C@@H](NC(=O)OC(C)(C)C)C(=O)NC1CCCCCC1. The first kappa shape index (κ1) is 16.8. The fourth-order valence-corrected chi connectivity index (χ4v) is 2.30. The fourth-order valence-electron chi connectivity index (χ4n) is 2.30. The van der Waals surface area contributed by atoms with Gasteiger partial charge < -0.3 is 15.4 Å². The van der Waals surface area contributed by atoms with Crippen LogP contribution in [-0.4, -0.2) is 29.7 Å². The number of carbonyl (C=O) groups is 2. The Bertz CT molecular complexity index is 329. The van der Waals surface area contributed by atoms with Crippen molar-refractivity contribution in [2.75, 3.05) is 0 Å². The molecule has 0 saturated heterocycles. The van der Waals surface area contributed by atoms with Gasteiger partial charge in [0.05, 0.1) is 0 Å². The number of rotatable bonds is 3. The molecule has 0 bridgehead atoms. The van der Waals surface area contributed by atoms with E-state index < -0.39 is 17.7 Å². The summed E-state index contributed by atoms with van der Waals surface area (Å²) in [6.07, 6.45) is 6.34. The molecule has 0 aromatic heterocycles. The first-order valence-electron chi connectivity index (χ1n) is 7.58. The molecule has 5 heteroatoms. The zero-order chi connectivity index (χ0) is 15.2. The number of amides is 2. The summed E-state index contributed by atoms with van der Waals surface area (Å²) in [5.74, 6) is -0.136. The Balaban J connectivity index is 2.36. The Morgan fingerprint density at radius 2 is 1.65 bits per heavy atom. The molecule has 1 atom stereocenters. The third kappa shape index (κ3) is 6.78. The Labute approximate surface area is 121 Å². The minimum absolute atomic E-state index is 0.136. The average Bonchev–Trinajstić information content (AvgIpc) is 2.54. The summed E-state index contributed by atoms with van der Waals surface area (Å²) in [6, 6.07) is -0.332. The van der Waals surface area contributed by atoms with Crippen LogP contribution >= 0.6 is 0 Å². The lowest BCUT2D eigenvalue weighted by molar-refractivity contribution is -0.123. The number of carbonyl (C=O) groups excluding carboxylic acids is 2. The maximum absolute atomic E-state index is 12.0. The zero-order valence-corrected chi connectivity index (χ0v) is 13.1. The monoisotopic (exact) mass is 284 g/mol. The molecule has 1 aliphatic carbocycles. The highest BCUT2D eigenvalue weighted by molar-refractivity contribution is 5.85. The molecule has 0 radical (unpaired) electrons. The molecule has 116 valence electrons. The Morgan fingerprint density at radius 1 is 1.10 bits per heavy atom. The Morgan fingerprint density at radius 3 is 2.15 bits per heavy atom. The molecule has 20 heavy (non-hydrogen) atoms. The summed E-state index contributed by atoms with van der Waals surface area (Å²) in [5.41, 5.74) is -0.554. The molecule has 0 spiro atoms. The highest BCUT2D eigenvalue weighted by Crippen LogP contribution is 2.17. The number of hydrogen-bond donors (Lipinski definition) is 2. The smallest absolute Gasteiger partial charge is 0.408 e. The summed E-state index contributed by atoms with van der Waals surface area (Å²) in [6.45, 7) is 7.06. The molecule has 2 amide bonds. The van der Waals surface area contributed by atoms with Gasteiger partial charge in [-0.05, 0) is 40.5 Å². The lowest BCUT2D eigenvalue weighted by atomic mass is 10.1. The van der Waals surface area contributed by atoms with Crippen LogP contribution in [0.4, 0.5) is 4.79 Å². The van der Waals surface area contributed by atoms with E-state index in [0.29, 0.717) is 0 Å². The van der Waals surface area contributed by atoms with Crippen molar-refractivity contribution in [3.05, 3.63) is 0 Å². The fraction of sp³-hybridized carbons (Fsp3) is 0.867. The summed E-state index contributed by atoms with van der Waals surface area (Å²) < 4.78 is 5.14. The van der Waals surface area contributed by atoms with Crippen LogP contribution in [0, 0.1) is 0 Å². The van der Waals surface area contributed by atoms with Gasteiger partial charge in [0.25, 0.3) is 0 Å². The lowest BCUT2D eigenvalue weighted by Crippen LogP contribution is -2.49. The minimum Gasteiger partial charge on any atom is -0.444 e. The first-order valence-corrected chi connectivity index (χ1v) is 7.58. The van der Waals surface area contributed by atoms with Crippen molar-refractivity contribution in [2.24, 2.45) is 0 Å². The van der Waals surface area contributed by atoms with E-state index in [2.05, 4.69) is 10.6 Å². The van der Waals surface area contributed by atoms with Crippen LogP contribution in [0.1, 0.15) is 66.2 Å². The molecule has 0 heterocycles. The van der Waals surface area contributed by atoms with Gasteiger partial charge in [0.2, 0.25) is 5.91 Å². The Kier molecular flexibility index (Phi) is 6.30. The van der Waals surface area contributed by atoms with E-state index in [4.69, 9.17) is 4.74 Å². The van der Waals surface area contributed by atoms with Gasteiger partial charge in [-0.2, -0.15) is 0 Å². The molecule has 1 aliphatic rings. The summed E-state index contributed by atoms with van der Waals surface area (Å²) in [4.78, 5) is 23.7. The zero-order valence-electron chi connectivity index (χ0n) is 13.1. The normalized spacial score (nSPS) is 18.8. The summed E-state index contributed by atoms with van der Waals surface area (Å²) in [7, 11) is 0. The summed E-state index contributed by atoms with van der Waals surface area (Å²) in [5, 5.41) is 5.59. The van der Waals surface area contributed by atoms with Gasteiger partial charge in [0.15, 0.2) is 0 Å². The summed E-state index contributed by atoms with van der Waals surface area (Å²) >= 11 is 0. The van der Waals surface area contributed by atoms with Gasteiger partial charge in [0, 0.05) is 6.04 Å². The van der Waals surface area contributed by atoms with E-state index >= 15 is 0 Å². The number of hydrogen-bond acceptors (Lipinski definition) is 3. The van der Waals surface area contributed by atoms with E-state index in [1.54, 1.807) is 27.7 Å². The van der Waals surface area contributed by atoms with Crippen molar-refractivity contribution in [1.82, 2.24) is 10.6 Å². The van der Waals surface area contributed by atoms with Crippen LogP contribution in [0.15, 0.2) is 0 Å². The first-order chi connectivity index (χ1) is 9.28. The predicted molar refractivity (Wildman–Crippen MR) is 78.5 cm³/mol. The molecule has 1 rings (SSSR count). The van der Waals surface area contributed by atoms with Crippen molar-refractivity contribution in [3.8, 4) is 0 Å². The van der Waals surface area contributed by atoms with Crippen molar-refractivity contribution in [3.63, 3.8) is 0 Å². The molecular formula is C15H28N2O3. The molecule has 1 saturated carbocycles. The molecule has 2 N–H and O–H groups in total. The number of alkyl carbamates (subject to hydrolysis) is 1. The molecule has 5 nitrogen and oxygen atoms in total. The van der Waals surface area contributed by atoms with Gasteiger partial charge >= 0.3 is 6.09 Å². The topological polar surface area (TPSA) is 67.4 Å². The van der Waals surface area contributed by atoms with Crippen molar-refractivity contribution in [2.45, 2.75) is 83.9 Å². The van der Waals surface area contributed by atoms with Crippen LogP contribution in [0.25, 0.3) is 0 Å². The average molecular weight is 284 g/mol. The predicted octanol–water partition coefficient (Wildman–Crippen LogP) is 2.74. The third-order valence-electron chi connectivity index (χ3n) is 3.33. The second kappa shape index (κ2) is 7.50. The van der Waals surface area contributed by atoms with Crippen molar-refractivity contribution >= 4 is 12.0 Å². The molecule has 0 aromatic carbocycles. The van der Waals surface area contributed by atoms with E-state index in [9.17, 15) is 9.59 Å². The number of nitrogens with one attached hydrogen (secondary N) is 2. The molecule has 0 aromatic rings. The third-order valence-corrected chi connectivity index (χ3v) is 3.33. The number of ether oxygens (including phenoxy) is 1. The maximum atomic E-state index is 12.0. The lowest BCUT2D eigenvalue weighted by Gasteiger charge is -2.23. The van der Waals surface area contributed by atoms with E-state index in [-0.39, 0.29) is 11.9 Å². The van der Waals surface area contributed by atoms with Crippen LogP contribution in [0.3, 0.4) is 0 Å². The largest absolute Gasteiger partial charge is 0.444 e. The van der Waals surface area contributed by atoms with Crippen LogP contribution in [0.2, 0.25) is 0 Å². The van der Waals surface area contributed by atoms with Crippen molar-refractivity contribution < 1.29 is 14.3 Å². The van der Waals surface area contributed by atoms with Gasteiger partial charge in [-0.15, -0.1) is 0 Å². The highest BCUT2D eigenvalue weighted by Gasteiger charge is 2.23. The van der Waals surface area contributed by atoms with E-state index in [1.165, 1.54) is 25.7 Å². The second-order valence-electron chi connectivity index (χ2n) is 6.56. The van der Waals surface area contributed by atoms with Crippen LogP contribution in [0.5, 0.6) is 0 Å².